The maximum Gasteiger partial charge on any atom is 0.133 e. The summed E-state index contributed by atoms with van der Waals surface area (Å²) in [6.45, 7) is 1.89. The minimum atomic E-state index is 0.611. The van der Waals surface area contributed by atoms with E-state index < -0.39 is 0 Å². The van der Waals surface area contributed by atoms with Crippen LogP contribution in [0.15, 0.2) is 12.4 Å². The van der Waals surface area contributed by atoms with Crippen LogP contribution in [0.2, 0.25) is 0 Å². The Bertz CT molecular complexity index is 351. The Labute approximate surface area is 103 Å². The van der Waals surface area contributed by atoms with Crippen LogP contribution in [0.3, 0.4) is 0 Å². The summed E-state index contributed by atoms with van der Waals surface area (Å²) in [5.74, 6) is 1.91. The quantitative estimate of drug-likeness (QED) is 0.773. The zero-order valence-corrected chi connectivity index (χ0v) is 10.6. The monoisotopic (exact) mass is 235 g/mol. The highest BCUT2D eigenvalue weighted by Crippen LogP contribution is 2.23. The Morgan fingerprint density at radius 2 is 2.24 bits per heavy atom. The summed E-state index contributed by atoms with van der Waals surface area (Å²) in [6.07, 6.45) is 5.48. The summed E-state index contributed by atoms with van der Waals surface area (Å²) in [7, 11) is 4.00. The third-order valence-corrected chi connectivity index (χ3v) is 3.20. The van der Waals surface area contributed by atoms with E-state index in [1.165, 1.54) is 19.3 Å². The summed E-state index contributed by atoms with van der Waals surface area (Å²) in [6, 6.07) is 2.63. The molecule has 5 heteroatoms. The lowest BCUT2D eigenvalue weighted by Gasteiger charge is -2.27. The van der Waals surface area contributed by atoms with Gasteiger partial charge < -0.3 is 15.5 Å². The van der Waals surface area contributed by atoms with E-state index in [-0.39, 0.29) is 0 Å². The Balaban J connectivity index is 1.94. The minimum Gasteiger partial charge on any atom is -0.367 e. The molecule has 17 heavy (non-hydrogen) atoms. The van der Waals surface area contributed by atoms with Crippen LogP contribution < -0.4 is 15.5 Å². The van der Waals surface area contributed by atoms with Crippen molar-refractivity contribution in [3.8, 4) is 0 Å². The molecule has 2 rings (SSSR count). The van der Waals surface area contributed by atoms with Gasteiger partial charge in [0.15, 0.2) is 0 Å². The van der Waals surface area contributed by atoms with Crippen LogP contribution >= 0.6 is 0 Å². The molecule has 1 saturated carbocycles. The molecule has 0 radical (unpaired) electrons. The fourth-order valence-electron chi connectivity index (χ4n) is 1.79. The van der Waals surface area contributed by atoms with Gasteiger partial charge in [-0.3, -0.25) is 0 Å². The third kappa shape index (κ3) is 3.30. The van der Waals surface area contributed by atoms with Gasteiger partial charge in [-0.25, -0.2) is 9.97 Å². The lowest BCUT2D eigenvalue weighted by Crippen LogP contribution is -2.29. The largest absolute Gasteiger partial charge is 0.367 e. The SMILES string of the molecule is CNCCN(C)c1cc(NC2CCC2)ncn1. The highest BCUT2D eigenvalue weighted by atomic mass is 15.2. The molecule has 0 aromatic carbocycles. The zero-order chi connectivity index (χ0) is 12.1. The average molecular weight is 235 g/mol. The fourth-order valence-corrected chi connectivity index (χ4v) is 1.79. The molecule has 1 aliphatic carbocycles. The number of aromatic nitrogens is 2. The van der Waals surface area contributed by atoms with Gasteiger partial charge in [-0.1, -0.05) is 0 Å². The predicted octanol–water partition coefficient (Wildman–Crippen LogP) is 1.10. The van der Waals surface area contributed by atoms with Crippen molar-refractivity contribution < 1.29 is 0 Å². The van der Waals surface area contributed by atoms with Crippen molar-refractivity contribution >= 4 is 11.6 Å². The van der Waals surface area contributed by atoms with Gasteiger partial charge in [0.1, 0.15) is 18.0 Å². The van der Waals surface area contributed by atoms with Gasteiger partial charge in [-0.15, -0.1) is 0 Å². The molecule has 1 heterocycles. The van der Waals surface area contributed by atoms with Gasteiger partial charge in [0.2, 0.25) is 0 Å². The molecule has 1 fully saturated rings. The molecule has 94 valence electrons. The molecule has 5 nitrogen and oxygen atoms in total. The van der Waals surface area contributed by atoms with Crippen molar-refractivity contribution in [3.63, 3.8) is 0 Å². The fraction of sp³-hybridized carbons (Fsp3) is 0.667. The molecule has 1 aromatic rings. The van der Waals surface area contributed by atoms with Crippen molar-refractivity contribution in [2.75, 3.05) is 37.4 Å². The highest BCUT2D eigenvalue weighted by Gasteiger charge is 2.17. The molecule has 0 unspecified atom stereocenters. The van der Waals surface area contributed by atoms with E-state index in [9.17, 15) is 0 Å². The smallest absolute Gasteiger partial charge is 0.133 e. The number of anilines is 2. The number of nitrogens with zero attached hydrogens (tertiary/aromatic N) is 3. The van der Waals surface area contributed by atoms with Crippen molar-refractivity contribution in [2.24, 2.45) is 0 Å². The Kier molecular flexibility index (Phi) is 4.14. The van der Waals surface area contributed by atoms with Gasteiger partial charge in [0.25, 0.3) is 0 Å². The molecule has 0 bridgehead atoms. The Morgan fingerprint density at radius 1 is 1.41 bits per heavy atom. The van der Waals surface area contributed by atoms with E-state index in [4.69, 9.17) is 0 Å². The van der Waals surface area contributed by atoms with E-state index >= 15 is 0 Å². The summed E-state index contributed by atoms with van der Waals surface area (Å²) < 4.78 is 0. The van der Waals surface area contributed by atoms with Crippen LogP contribution in [0.4, 0.5) is 11.6 Å². The predicted molar refractivity (Wildman–Crippen MR) is 70.5 cm³/mol. The van der Waals surface area contributed by atoms with E-state index in [1.807, 2.05) is 20.2 Å². The first-order valence-corrected chi connectivity index (χ1v) is 6.24. The number of hydrogen-bond donors (Lipinski definition) is 2. The molecular weight excluding hydrogens is 214 g/mol. The number of hydrogen-bond acceptors (Lipinski definition) is 5. The maximum absolute atomic E-state index is 4.29. The Hall–Kier alpha value is -1.36. The van der Waals surface area contributed by atoms with Gasteiger partial charge >= 0.3 is 0 Å². The van der Waals surface area contributed by atoms with Crippen LogP contribution in [0.5, 0.6) is 0 Å². The van der Waals surface area contributed by atoms with Crippen LogP contribution in [-0.4, -0.2) is 43.2 Å². The summed E-state index contributed by atoms with van der Waals surface area (Å²) in [5.41, 5.74) is 0. The van der Waals surface area contributed by atoms with E-state index in [2.05, 4.69) is 25.5 Å². The second kappa shape index (κ2) is 5.82. The van der Waals surface area contributed by atoms with Crippen molar-refractivity contribution in [3.05, 3.63) is 12.4 Å². The standard InChI is InChI=1S/C12H21N5/c1-13-6-7-17(2)12-8-11(14-9-15-12)16-10-4-3-5-10/h8-10,13H,3-7H2,1-2H3,(H,14,15,16). The lowest BCUT2D eigenvalue weighted by atomic mass is 9.93. The number of nitrogens with one attached hydrogen (secondary N) is 2. The summed E-state index contributed by atoms with van der Waals surface area (Å²) in [4.78, 5) is 10.7. The molecule has 0 atom stereocenters. The van der Waals surface area contributed by atoms with E-state index in [0.29, 0.717) is 6.04 Å². The normalized spacial score (nSPS) is 15.4. The first kappa shape index (κ1) is 12.1. The highest BCUT2D eigenvalue weighted by molar-refractivity contribution is 5.48. The zero-order valence-electron chi connectivity index (χ0n) is 10.6. The van der Waals surface area contributed by atoms with Crippen LogP contribution in [0.25, 0.3) is 0 Å². The second-order valence-corrected chi connectivity index (χ2v) is 4.56. The summed E-state index contributed by atoms with van der Waals surface area (Å²) >= 11 is 0. The van der Waals surface area contributed by atoms with Crippen LogP contribution in [-0.2, 0) is 0 Å². The van der Waals surface area contributed by atoms with Gasteiger partial charge in [0, 0.05) is 32.2 Å². The number of likely N-dealkylation sites (N-methyl/N-ethyl adjacent to an activating group) is 2. The van der Waals surface area contributed by atoms with Crippen LogP contribution in [0.1, 0.15) is 19.3 Å². The molecule has 1 aliphatic rings. The molecule has 0 spiro atoms. The van der Waals surface area contributed by atoms with Crippen molar-refractivity contribution in [1.82, 2.24) is 15.3 Å². The Morgan fingerprint density at radius 3 is 2.88 bits per heavy atom. The van der Waals surface area contributed by atoms with Gasteiger partial charge in [-0.2, -0.15) is 0 Å². The third-order valence-electron chi connectivity index (χ3n) is 3.20. The van der Waals surface area contributed by atoms with E-state index in [0.717, 1.165) is 24.7 Å². The second-order valence-electron chi connectivity index (χ2n) is 4.56. The topological polar surface area (TPSA) is 53.1 Å². The molecule has 0 saturated heterocycles. The molecule has 0 amide bonds. The van der Waals surface area contributed by atoms with Gasteiger partial charge in [-0.05, 0) is 26.3 Å². The van der Waals surface area contributed by atoms with Crippen molar-refractivity contribution in [2.45, 2.75) is 25.3 Å². The average Bonchev–Trinajstić information content (AvgIpc) is 2.31. The first-order chi connectivity index (χ1) is 8.29. The van der Waals surface area contributed by atoms with Crippen molar-refractivity contribution in [1.29, 1.82) is 0 Å². The molecule has 2 N–H and O–H groups in total. The van der Waals surface area contributed by atoms with E-state index in [1.54, 1.807) is 6.33 Å². The molecule has 0 aliphatic heterocycles. The molecular formula is C12H21N5. The van der Waals surface area contributed by atoms with Gasteiger partial charge in [0.05, 0.1) is 0 Å². The van der Waals surface area contributed by atoms with Crippen LogP contribution in [0, 0.1) is 0 Å². The first-order valence-electron chi connectivity index (χ1n) is 6.24. The lowest BCUT2D eigenvalue weighted by molar-refractivity contribution is 0.444. The summed E-state index contributed by atoms with van der Waals surface area (Å²) in [5, 5.41) is 6.57. The number of rotatable bonds is 6. The minimum absolute atomic E-state index is 0.611. The molecule has 1 aromatic heterocycles. The maximum atomic E-state index is 4.29.